The van der Waals surface area contributed by atoms with Gasteiger partial charge >= 0.3 is 5.97 Å². The standard InChI is InChI=1S/C14H21NO3/c1-9-7-10(2)12(11(8-9)17-5)13(15(3)4)14(16)18-6/h7-8,13H,1-6H3. The van der Waals surface area contributed by atoms with Gasteiger partial charge in [-0.25, -0.2) is 4.79 Å². The van der Waals surface area contributed by atoms with E-state index in [1.54, 1.807) is 7.11 Å². The van der Waals surface area contributed by atoms with Gasteiger partial charge in [-0.15, -0.1) is 0 Å². The van der Waals surface area contributed by atoms with Crippen LogP contribution in [0.2, 0.25) is 0 Å². The van der Waals surface area contributed by atoms with E-state index in [1.807, 2.05) is 45.0 Å². The van der Waals surface area contributed by atoms with E-state index in [1.165, 1.54) is 7.11 Å². The highest BCUT2D eigenvalue weighted by atomic mass is 16.5. The topological polar surface area (TPSA) is 38.8 Å². The molecular formula is C14H21NO3. The van der Waals surface area contributed by atoms with E-state index >= 15 is 0 Å². The van der Waals surface area contributed by atoms with Crippen LogP contribution < -0.4 is 4.74 Å². The van der Waals surface area contributed by atoms with Gasteiger partial charge in [-0.2, -0.15) is 0 Å². The normalized spacial score (nSPS) is 12.4. The number of hydrogen-bond donors (Lipinski definition) is 0. The van der Waals surface area contributed by atoms with Gasteiger partial charge in [0, 0.05) is 5.56 Å². The van der Waals surface area contributed by atoms with Crippen LogP contribution in [0.15, 0.2) is 12.1 Å². The van der Waals surface area contributed by atoms with Crippen LogP contribution in [-0.4, -0.2) is 39.2 Å². The van der Waals surface area contributed by atoms with Crippen LogP contribution in [0.3, 0.4) is 0 Å². The summed E-state index contributed by atoms with van der Waals surface area (Å²) in [6.07, 6.45) is 0. The third-order valence-corrected chi connectivity index (χ3v) is 2.93. The van der Waals surface area contributed by atoms with Crippen molar-refractivity contribution < 1.29 is 14.3 Å². The number of carbonyl (C=O) groups excluding carboxylic acids is 1. The zero-order valence-corrected chi connectivity index (χ0v) is 11.9. The van der Waals surface area contributed by atoms with Gasteiger partial charge in [-0.05, 0) is 45.1 Å². The minimum Gasteiger partial charge on any atom is -0.496 e. The maximum absolute atomic E-state index is 11.9. The van der Waals surface area contributed by atoms with Crippen molar-refractivity contribution in [1.29, 1.82) is 0 Å². The maximum Gasteiger partial charge on any atom is 0.327 e. The number of nitrogens with zero attached hydrogens (tertiary/aromatic N) is 1. The fourth-order valence-electron chi connectivity index (χ4n) is 2.16. The lowest BCUT2D eigenvalue weighted by Gasteiger charge is -2.25. The minimum absolute atomic E-state index is 0.287. The van der Waals surface area contributed by atoms with E-state index < -0.39 is 6.04 Å². The highest BCUT2D eigenvalue weighted by molar-refractivity contribution is 5.79. The van der Waals surface area contributed by atoms with Crippen molar-refractivity contribution in [3.8, 4) is 5.75 Å². The first-order valence-electron chi connectivity index (χ1n) is 5.81. The summed E-state index contributed by atoms with van der Waals surface area (Å²) in [4.78, 5) is 13.8. The molecule has 4 nitrogen and oxygen atoms in total. The van der Waals surface area contributed by atoms with Crippen LogP contribution in [0.1, 0.15) is 22.7 Å². The number of methoxy groups -OCH3 is 2. The smallest absolute Gasteiger partial charge is 0.327 e. The van der Waals surface area contributed by atoms with Gasteiger partial charge in [-0.3, -0.25) is 4.90 Å². The highest BCUT2D eigenvalue weighted by Gasteiger charge is 2.28. The average Bonchev–Trinajstić information content (AvgIpc) is 2.30. The lowest BCUT2D eigenvalue weighted by Crippen LogP contribution is -2.29. The van der Waals surface area contributed by atoms with Gasteiger partial charge in [0.1, 0.15) is 11.8 Å². The number of carbonyl (C=O) groups is 1. The molecule has 1 aromatic carbocycles. The zero-order chi connectivity index (χ0) is 13.9. The Labute approximate surface area is 108 Å². The Hall–Kier alpha value is -1.55. The number of rotatable bonds is 4. The Morgan fingerprint density at radius 3 is 2.28 bits per heavy atom. The molecule has 100 valence electrons. The van der Waals surface area contributed by atoms with Crippen LogP contribution in [0.5, 0.6) is 5.75 Å². The molecule has 0 fully saturated rings. The number of benzene rings is 1. The molecule has 0 aliphatic rings. The van der Waals surface area contributed by atoms with E-state index in [-0.39, 0.29) is 5.97 Å². The second-order valence-corrected chi connectivity index (χ2v) is 4.59. The summed E-state index contributed by atoms with van der Waals surface area (Å²) in [5.74, 6) is 0.432. The first-order valence-corrected chi connectivity index (χ1v) is 5.81. The predicted octanol–water partition coefficient (Wildman–Crippen LogP) is 2.09. The summed E-state index contributed by atoms with van der Waals surface area (Å²) >= 11 is 0. The van der Waals surface area contributed by atoms with Crippen molar-refractivity contribution in [3.63, 3.8) is 0 Å². The molecule has 0 aliphatic carbocycles. The van der Waals surface area contributed by atoms with E-state index in [4.69, 9.17) is 9.47 Å². The molecule has 1 aromatic rings. The van der Waals surface area contributed by atoms with Crippen molar-refractivity contribution >= 4 is 5.97 Å². The molecule has 4 heteroatoms. The van der Waals surface area contributed by atoms with Crippen molar-refractivity contribution in [1.82, 2.24) is 4.90 Å². The summed E-state index contributed by atoms with van der Waals surface area (Å²) in [5.41, 5.74) is 2.99. The minimum atomic E-state index is -0.453. The predicted molar refractivity (Wildman–Crippen MR) is 70.9 cm³/mol. The summed E-state index contributed by atoms with van der Waals surface area (Å²) in [5, 5.41) is 0. The van der Waals surface area contributed by atoms with E-state index in [2.05, 4.69) is 0 Å². The average molecular weight is 251 g/mol. The van der Waals surface area contributed by atoms with Gasteiger partial charge in [0.2, 0.25) is 0 Å². The number of hydrogen-bond acceptors (Lipinski definition) is 4. The second kappa shape index (κ2) is 5.87. The van der Waals surface area contributed by atoms with Crippen LogP contribution in [0.4, 0.5) is 0 Å². The van der Waals surface area contributed by atoms with Gasteiger partial charge in [0.25, 0.3) is 0 Å². The monoisotopic (exact) mass is 251 g/mol. The molecule has 0 aromatic heterocycles. The molecule has 1 unspecified atom stereocenters. The summed E-state index contributed by atoms with van der Waals surface area (Å²) in [7, 11) is 6.71. The molecular weight excluding hydrogens is 230 g/mol. The fourth-order valence-corrected chi connectivity index (χ4v) is 2.16. The Morgan fingerprint density at radius 2 is 1.83 bits per heavy atom. The Bertz CT molecular complexity index is 441. The molecule has 0 bridgehead atoms. The van der Waals surface area contributed by atoms with Gasteiger partial charge in [-0.1, -0.05) is 6.07 Å². The third kappa shape index (κ3) is 2.82. The van der Waals surface area contributed by atoms with Crippen molar-refractivity contribution in [3.05, 3.63) is 28.8 Å². The van der Waals surface area contributed by atoms with Crippen LogP contribution >= 0.6 is 0 Å². The molecule has 0 N–H and O–H groups in total. The molecule has 1 rings (SSSR count). The Morgan fingerprint density at radius 1 is 1.22 bits per heavy atom. The number of ether oxygens (including phenoxy) is 2. The van der Waals surface area contributed by atoms with E-state index in [9.17, 15) is 4.79 Å². The van der Waals surface area contributed by atoms with Crippen LogP contribution in [0, 0.1) is 13.8 Å². The lowest BCUT2D eigenvalue weighted by molar-refractivity contribution is -0.146. The number of aryl methyl sites for hydroxylation is 2. The quantitative estimate of drug-likeness (QED) is 0.768. The molecule has 0 radical (unpaired) electrons. The third-order valence-electron chi connectivity index (χ3n) is 2.93. The summed E-state index contributed by atoms with van der Waals surface area (Å²) in [6, 6.07) is 3.52. The summed E-state index contributed by atoms with van der Waals surface area (Å²) in [6.45, 7) is 3.98. The highest BCUT2D eigenvalue weighted by Crippen LogP contribution is 2.33. The molecule has 0 aliphatic heterocycles. The van der Waals surface area contributed by atoms with Gasteiger partial charge in [0.05, 0.1) is 14.2 Å². The zero-order valence-electron chi connectivity index (χ0n) is 11.9. The van der Waals surface area contributed by atoms with Crippen molar-refractivity contribution in [2.75, 3.05) is 28.3 Å². The molecule has 1 atom stereocenters. The van der Waals surface area contributed by atoms with Crippen molar-refractivity contribution in [2.45, 2.75) is 19.9 Å². The molecule has 0 spiro atoms. The molecule has 0 amide bonds. The van der Waals surface area contributed by atoms with E-state index in [0.717, 1.165) is 22.4 Å². The summed E-state index contributed by atoms with van der Waals surface area (Å²) < 4.78 is 10.3. The lowest BCUT2D eigenvalue weighted by atomic mass is 9.97. The molecule has 0 saturated carbocycles. The Kier molecular flexibility index (Phi) is 4.73. The van der Waals surface area contributed by atoms with E-state index in [0.29, 0.717) is 0 Å². The van der Waals surface area contributed by atoms with Crippen LogP contribution in [0.25, 0.3) is 0 Å². The number of esters is 1. The van der Waals surface area contributed by atoms with Crippen LogP contribution in [-0.2, 0) is 9.53 Å². The first kappa shape index (κ1) is 14.5. The van der Waals surface area contributed by atoms with Gasteiger partial charge < -0.3 is 9.47 Å². The fraction of sp³-hybridized carbons (Fsp3) is 0.500. The first-order chi connectivity index (χ1) is 8.42. The Balaban J connectivity index is 3.40. The largest absolute Gasteiger partial charge is 0.496 e. The maximum atomic E-state index is 11.9. The van der Waals surface area contributed by atoms with Gasteiger partial charge in [0.15, 0.2) is 0 Å². The van der Waals surface area contributed by atoms with Crippen molar-refractivity contribution in [2.24, 2.45) is 0 Å². The SMILES string of the molecule is COC(=O)C(c1c(C)cc(C)cc1OC)N(C)C. The second-order valence-electron chi connectivity index (χ2n) is 4.59. The molecule has 18 heavy (non-hydrogen) atoms. The molecule has 0 saturated heterocycles. The molecule has 0 heterocycles. The number of likely N-dealkylation sites (N-methyl/N-ethyl adjacent to an activating group) is 1.